The normalized spacial score (nSPS) is 20.0. The van der Waals surface area contributed by atoms with Gasteiger partial charge in [0.05, 0.1) is 18.8 Å². The zero-order valence-electron chi connectivity index (χ0n) is 21.2. The Bertz CT molecular complexity index is 1140. The van der Waals surface area contributed by atoms with E-state index in [-0.39, 0.29) is 5.82 Å². The smallest absolute Gasteiger partial charge is 0.378 e. The van der Waals surface area contributed by atoms with Crippen LogP contribution < -0.4 is 9.80 Å². The first-order valence-electron chi connectivity index (χ1n) is 12.3. The van der Waals surface area contributed by atoms with Crippen molar-refractivity contribution in [1.29, 1.82) is 0 Å². The first-order valence-corrected chi connectivity index (χ1v) is 12.3. The van der Waals surface area contributed by atoms with Crippen LogP contribution in [0.15, 0.2) is 58.9 Å². The van der Waals surface area contributed by atoms with E-state index in [9.17, 15) is 13.2 Å². The summed E-state index contributed by atoms with van der Waals surface area (Å²) in [5.74, 6) is 1.59. The predicted molar refractivity (Wildman–Crippen MR) is 140 cm³/mol. The minimum Gasteiger partial charge on any atom is -0.378 e. The Balaban J connectivity index is 1.61. The van der Waals surface area contributed by atoms with Crippen LogP contribution in [-0.4, -0.2) is 84.7 Å². The van der Waals surface area contributed by atoms with Gasteiger partial charge in [-0.1, -0.05) is 42.5 Å². The molecule has 0 saturated carbocycles. The van der Waals surface area contributed by atoms with E-state index in [1.165, 1.54) is 17.9 Å². The number of morpholine rings is 1. The number of nitrogens with zero attached hydrogens (tertiary/aromatic N) is 7. The molecular formula is C26H32F3N7O. The van der Waals surface area contributed by atoms with Gasteiger partial charge in [-0.25, -0.2) is 4.99 Å². The molecule has 8 nitrogen and oxygen atoms in total. The summed E-state index contributed by atoms with van der Waals surface area (Å²) in [5.41, 5.74) is 1.35. The monoisotopic (exact) mass is 515 g/mol. The number of aliphatic imine (C=N–C) groups is 1. The minimum atomic E-state index is -4.46. The minimum absolute atomic E-state index is 0.0889. The summed E-state index contributed by atoms with van der Waals surface area (Å²) in [4.78, 5) is 24.1. The molecule has 3 aliphatic rings. The molecule has 4 rings (SSSR count). The molecule has 0 bridgehead atoms. The number of aromatic nitrogens is 3. The molecule has 2 fully saturated rings. The van der Waals surface area contributed by atoms with Gasteiger partial charge in [0.25, 0.3) is 0 Å². The molecule has 0 atom stereocenters. The van der Waals surface area contributed by atoms with Crippen LogP contribution in [0.4, 0.5) is 25.1 Å². The molecule has 0 aromatic carbocycles. The molecule has 0 amide bonds. The first kappa shape index (κ1) is 26.6. The molecule has 1 aromatic heterocycles. The van der Waals surface area contributed by atoms with Crippen molar-refractivity contribution in [2.75, 3.05) is 62.3 Å². The fraction of sp³-hybridized carbons (Fsp3) is 0.462. The standard InChI is InChI=1S/C26H32F3N7O/c1-4-10-30-23(20(3)26(27,28)29)34-11-13-35(14-12-34)24-31-22(21-7-5-6-19(2)8-9-21)32-25(33-24)36-15-17-37-18-16-36/h4,6-10H,1,5,11-18H2,2-3H3/b23-20-,30-10-. The topological polar surface area (TPSA) is 70.0 Å². The molecule has 1 aliphatic carbocycles. The van der Waals surface area contributed by atoms with Gasteiger partial charge >= 0.3 is 6.18 Å². The Labute approximate surface area is 215 Å². The van der Waals surface area contributed by atoms with Gasteiger partial charge in [-0.15, -0.1) is 0 Å². The highest BCUT2D eigenvalue weighted by Crippen LogP contribution is 2.31. The largest absolute Gasteiger partial charge is 0.415 e. The van der Waals surface area contributed by atoms with E-state index in [1.807, 2.05) is 24.0 Å². The third-order valence-electron chi connectivity index (χ3n) is 6.39. The van der Waals surface area contributed by atoms with Gasteiger partial charge in [-0.3, -0.25) is 0 Å². The maximum absolute atomic E-state index is 13.5. The molecule has 37 heavy (non-hydrogen) atoms. The van der Waals surface area contributed by atoms with E-state index < -0.39 is 11.7 Å². The van der Waals surface area contributed by atoms with Crippen molar-refractivity contribution in [2.24, 2.45) is 4.99 Å². The Hall–Kier alpha value is -3.47. The van der Waals surface area contributed by atoms with Crippen LogP contribution in [0.1, 0.15) is 26.1 Å². The van der Waals surface area contributed by atoms with Crippen LogP contribution in [0.2, 0.25) is 0 Å². The number of alkyl halides is 3. The maximum Gasteiger partial charge on any atom is 0.415 e. The molecule has 0 spiro atoms. The molecule has 0 unspecified atom stereocenters. The number of allylic oxidation sites excluding steroid dienone is 8. The SMILES string of the molecule is C=C/C=N\C(=C(/C)C(F)(F)F)N1CCN(c2nc(C3=CCC=C(C)C=C3)nc(N3CCOCC3)n2)CC1. The summed E-state index contributed by atoms with van der Waals surface area (Å²) in [6, 6.07) is 0. The second-order valence-corrected chi connectivity index (χ2v) is 8.97. The van der Waals surface area contributed by atoms with Crippen molar-refractivity contribution in [1.82, 2.24) is 19.9 Å². The van der Waals surface area contributed by atoms with E-state index >= 15 is 0 Å². The second-order valence-electron chi connectivity index (χ2n) is 8.97. The summed E-state index contributed by atoms with van der Waals surface area (Å²) in [7, 11) is 0. The van der Waals surface area contributed by atoms with E-state index in [1.54, 1.807) is 4.90 Å². The molecule has 2 saturated heterocycles. The van der Waals surface area contributed by atoms with Crippen LogP contribution in [0.3, 0.4) is 0 Å². The number of rotatable bonds is 6. The molecule has 2 aliphatic heterocycles. The highest BCUT2D eigenvalue weighted by atomic mass is 19.4. The molecular weight excluding hydrogens is 483 g/mol. The average molecular weight is 516 g/mol. The summed E-state index contributed by atoms with van der Waals surface area (Å²) >= 11 is 0. The highest BCUT2D eigenvalue weighted by molar-refractivity contribution is 5.72. The third kappa shape index (κ3) is 6.65. The van der Waals surface area contributed by atoms with Gasteiger partial charge in [0, 0.05) is 51.1 Å². The summed E-state index contributed by atoms with van der Waals surface area (Å²) < 4.78 is 45.9. The number of piperazine rings is 1. The van der Waals surface area contributed by atoms with Crippen LogP contribution in [0.5, 0.6) is 0 Å². The lowest BCUT2D eigenvalue weighted by atomic mass is 10.2. The van der Waals surface area contributed by atoms with Gasteiger partial charge in [-0.2, -0.15) is 28.1 Å². The van der Waals surface area contributed by atoms with Crippen LogP contribution in [-0.2, 0) is 4.74 Å². The average Bonchev–Trinajstić information content (AvgIpc) is 3.13. The van der Waals surface area contributed by atoms with Crippen LogP contribution >= 0.6 is 0 Å². The van der Waals surface area contributed by atoms with Crippen molar-refractivity contribution in [3.8, 4) is 0 Å². The molecule has 1 aromatic rings. The van der Waals surface area contributed by atoms with Crippen molar-refractivity contribution in [2.45, 2.75) is 26.4 Å². The van der Waals surface area contributed by atoms with Gasteiger partial charge in [0.15, 0.2) is 5.82 Å². The lowest BCUT2D eigenvalue weighted by Crippen LogP contribution is -2.47. The van der Waals surface area contributed by atoms with E-state index in [0.717, 1.165) is 18.9 Å². The van der Waals surface area contributed by atoms with Crippen molar-refractivity contribution >= 4 is 23.7 Å². The van der Waals surface area contributed by atoms with E-state index in [4.69, 9.17) is 19.7 Å². The summed E-state index contributed by atoms with van der Waals surface area (Å²) in [5, 5.41) is 0. The predicted octanol–water partition coefficient (Wildman–Crippen LogP) is 4.17. The lowest BCUT2D eigenvalue weighted by molar-refractivity contribution is -0.0935. The summed E-state index contributed by atoms with van der Waals surface area (Å²) in [6.07, 6.45) is 7.23. The number of halogens is 3. The number of anilines is 2. The van der Waals surface area contributed by atoms with Crippen LogP contribution in [0, 0.1) is 0 Å². The molecule has 11 heteroatoms. The molecule has 0 radical (unpaired) electrons. The zero-order chi connectivity index (χ0) is 26.4. The van der Waals surface area contributed by atoms with Gasteiger partial charge in [-0.05, 0) is 20.3 Å². The lowest BCUT2D eigenvalue weighted by Gasteiger charge is -2.37. The molecule has 0 N–H and O–H groups in total. The Morgan fingerprint density at radius 1 is 0.973 bits per heavy atom. The highest BCUT2D eigenvalue weighted by Gasteiger charge is 2.35. The van der Waals surface area contributed by atoms with E-state index in [0.29, 0.717) is 70.2 Å². The fourth-order valence-corrected chi connectivity index (χ4v) is 4.21. The van der Waals surface area contributed by atoms with Crippen molar-refractivity contribution < 1.29 is 17.9 Å². The number of ether oxygens (including phenoxy) is 1. The Morgan fingerprint density at radius 3 is 2.24 bits per heavy atom. The maximum atomic E-state index is 13.5. The van der Waals surface area contributed by atoms with Gasteiger partial charge in [0.2, 0.25) is 11.9 Å². The van der Waals surface area contributed by atoms with Gasteiger partial charge < -0.3 is 19.4 Å². The first-order chi connectivity index (χ1) is 17.8. The molecule has 198 valence electrons. The summed E-state index contributed by atoms with van der Waals surface area (Å²) in [6.45, 7) is 10.8. The fourth-order valence-electron chi connectivity index (χ4n) is 4.21. The van der Waals surface area contributed by atoms with Crippen molar-refractivity contribution in [3.05, 3.63) is 59.8 Å². The molecule has 3 heterocycles. The van der Waals surface area contributed by atoms with Crippen LogP contribution in [0.25, 0.3) is 5.57 Å². The second kappa shape index (κ2) is 11.7. The third-order valence-corrected chi connectivity index (χ3v) is 6.39. The number of hydrogen-bond acceptors (Lipinski definition) is 8. The zero-order valence-corrected chi connectivity index (χ0v) is 21.2. The quantitative estimate of drug-likeness (QED) is 0.527. The van der Waals surface area contributed by atoms with E-state index in [2.05, 4.69) is 28.6 Å². The number of hydrogen-bond donors (Lipinski definition) is 0. The Morgan fingerprint density at radius 2 is 1.62 bits per heavy atom. The Kier molecular flexibility index (Phi) is 8.42. The van der Waals surface area contributed by atoms with Crippen molar-refractivity contribution in [3.63, 3.8) is 0 Å². The van der Waals surface area contributed by atoms with Gasteiger partial charge in [0.1, 0.15) is 5.82 Å².